The van der Waals surface area contributed by atoms with Gasteiger partial charge in [-0.25, -0.2) is 0 Å². The van der Waals surface area contributed by atoms with Gasteiger partial charge in [0.25, 0.3) is 0 Å². The highest BCUT2D eigenvalue weighted by atomic mass is 35.5. The molecule has 0 aromatic rings. The third kappa shape index (κ3) is 27.0. The Kier molecular flexibility index (Phi) is 35.3. The van der Waals surface area contributed by atoms with Crippen LogP contribution in [0.15, 0.2) is 0 Å². The molecule has 0 bridgehead atoms. The van der Waals surface area contributed by atoms with Crippen molar-refractivity contribution in [3.05, 3.63) is 0 Å². The molecular weight excluding hydrogens is 390 g/mol. The summed E-state index contributed by atoms with van der Waals surface area (Å²) in [4.78, 5) is 0. The first kappa shape index (κ1) is 32.7. The van der Waals surface area contributed by atoms with E-state index in [9.17, 15) is 0 Å². The Bertz CT molecular complexity index is 198. The normalized spacial score (nSPS) is 10.7. The van der Waals surface area contributed by atoms with Gasteiger partial charge in [-0.05, 0) is 37.7 Å². The van der Waals surface area contributed by atoms with Crippen LogP contribution in [0.1, 0.15) is 136 Å². The SMILES string of the molecule is CCCCCCCCP(CCCCCCCC)CCCCCCCC.Cl.Cl. The van der Waals surface area contributed by atoms with Crippen molar-refractivity contribution < 1.29 is 0 Å². The second kappa shape index (κ2) is 29.2. The highest BCUT2D eigenvalue weighted by Crippen LogP contribution is 2.39. The molecule has 0 fully saturated rings. The molecule has 0 aliphatic carbocycles. The summed E-state index contributed by atoms with van der Waals surface area (Å²) in [6.45, 7) is 6.96. The minimum atomic E-state index is 0. The van der Waals surface area contributed by atoms with Crippen LogP contribution < -0.4 is 0 Å². The summed E-state index contributed by atoms with van der Waals surface area (Å²) in [7, 11) is 0.366. The lowest BCUT2D eigenvalue weighted by molar-refractivity contribution is 0.617. The Morgan fingerprint density at radius 3 is 0.815 bits per heavy atom. The fourth-order valence-corrected chi connectivity index (χ4v) is 6.37. The van der Waals surface area contributed by atoms with Crippen LogP contribution in [0.3, 0.4) is 0 Å². The first-order valence-corrected chi connectivity index (χ1v) is 14.0. The van der Waals surface area contributed by atoms with Crippen LogP contribution in [0.4, 0.5) is 0 Å². The minimum absolute atomic E-state index is 0. The predicted molar refractivity (Wildman–Crippen MR) is 136 cm³/mol. The molecule has 168 valence electrons. The lowest BCUT2D eigenvalue weighted by Crippen LogP contribution is -1.97. The molecule has 0 saturated heterocycles. The highest BCUT2D eigenvalue weighted by molar-refractivity contribution is 7.57. The van der Waals surface area contributed by atoms with Gasteiger partial charge in [0.05, 0.1) is 0 Å². The van der Waals surface area contributed by atoms with E-state index >= 15 is 0 Å². The molecule has 0 aliphatic heterocycles. The van der Waals surface area contributed by atoms with Gasteiger partial charge in [0.2, 0.25) is 0 Å². The van der Waals surface area contributed by atoms with Gasteiger partial charge in [-0.15, -0.1) is 32.7 Å². The largest absolute Gasteiger partial charge is 0.147 e. The summed E-state index contributed by atoms with van der Waals surface area (Å²) < 4.78 is 0. The van der Waals surface area contributed by atoms with E-state index in [4.69, 9.17) is 0 Å². The van der Waals surface area contributed by atoms with Gasteiger partial charge in [0, 0.05) is 0 Å². The zero-order chi connectivity index (χ0) is 18.4. The van der Waals surface area contributed by atoms with Crippen LogP contribution in [0, 0.1) is 0 Å². The Morgan fingerprint density at radius 1 is 0.333 bits per heavy atom. The minimum Gasteiger partial charge on any atom is -0.147 e. The number of unbranched alkanes of at least 4 members (excludes halogenated alkanes) is 15. The summed E-state index contributed by atoms with van der Waals surface area (Å²) in [5, 5.41) is 0. The zero-order valence-corrected chi connectivity index (χ0v) is 21.6. The second-order valence-corrected chi connectivity index (χ2v) is 10.8. The molecule has 0 aromatic heterocycles. The Balaban J connectivity index is -0.00000288. The van der Waals surface area contributed by atoms with Crippen LogP contribution in [0.5, 0.6) is 0 Å². The number of hydrogen-bond donors (Lipinski definition) is 0. The summed E-state index contributed by atoms with van der Waals surface area (Å²) in [5.41, 5.74) is 0. The van der Waals surface area contributed by atoms with E-state index in [2.05, 4.69) is 20.8 Å². The van der Waals surface area contributed by atoms with E-state index in [-0.39, 0.29) is 24.8 Å². The molecule has 3 heteroatoms. The molecule has 0 nitrogen and oxygen atoms in total. The molecule has 0 rings (SSSR count). The van der Waals surface area contributed by atoms with Gasteiger partial charge in [0.1, 0.15) is 0 Å². The van der Waals surface area contributed by atoms with Crippen molar-refractivity contribution in [2.45, 2.75) is 136 Å². The van der Waals surface area contributed by atoms with E-state index in [1.807, 2.05) is 0 Å². The third-order valence-electron chi connectivity index (χ3n) is 5.48. The summed E-state index contributed by atoms with van der Waals surface area (Å²) in [5.74, 6) is 0. The quantitative estimate of drug-likeness (QED) is 0.122. The van der Waals surface area contributed by atoms with Gasteiger partial charge in [-0.3, -0.25) is 0 Å². The fourth-order valence-electron chi connectivity index (χ4n) is 3.68. The van der Waals surface area contributed by atoms with E-state index in [0.717, 1.165) is 0 Å². The van der Waals surface area contributed by atoms with Crippen molar-refractivity contribution in [1.82, 2.24) is 0 Å². The van der Waals surface area contributed by atoms with Crippen molar-refractivity contribution in [3.8, 4) is 0 Å². The molecule has 0 aliphatic rings. The first-order chi connectivity index (χ1) is 12.3. The zero-order valence-electron chi connectivity index (χ0n) is 19.1. The smallest absolute Gasteiger partial charge is 0.0326 e. The average Bonchev–Trinajstić information content (AvgIpc) is 2.63. The standard InChI is InChI=1S/C24H51P.2ClH/c1-4-7-10-13-16-19-22-25(23-20-17-14-11-8-5-2)24-21-18-15-12-9-6-3;;/h4-24H2,1-3H3;2*1H. The molecule has 0 saturated carbocycles. The third-order valence-corrected chi connectivity index (χ3v) is 8.33. The van der Waals surface area contributed by atoms with Crippen molar-refractivity contribution in [3.63, 3.8) is 0 Å². The molecule has 0 amide bonds. The molecule has 0 aromatic carbocycles. The van der Waals surface area contributed by atoms with E-state index in [1.54, 1.807) is 18.5 Å². The van der Waals surface area contributed by atoms with Gasteiger partial charge in [-0.1, -0.05) is 117 Å². The Hall–Kier alpha value is 1.01. The monoisotopic (exact) mass is 442 g/mol. The van der Waals surface area contributed by atoms with E-state index < -0.39 is 0 Å². The van der Waals surface area contributed by atoms with Crippen LogP contribution in [-0.4, -0.2) is 18.5 Å². The Labute approximate surface area is 187 Å². The fraction of sp³-hybridized carbons (Fsp3) is 1.00. The van der Waals surface area contributed by atoms with Gasteiger partial charge in [-0.2, -0.15) is 0 Å². The van der Waals surface area contributed by atoms with Gasteiger partial charge in [0.15, 0.2) is 0 Å². The predicted octanol–water partition coefficient (Wildman–Crippen LogP) is 10.4. The van der Waals surface area contributed by atoms with E-state index in [1.165, 1.54) is 116 Å². The molecule has 0 spiro atoms. The lowest BCUT2D eigenvalue weighted by Gasteiger charge is -2.18. The molecular formula is C24H53Cl2P. The average molecular weight is 444 g/mol. The number of hydrogen-bond acceptors (Lipinski definition) is 0. The van der Waals surface area contributed by atoms with E-state index in [0.29, 0.717) is 7.92 Å². The van der Waals surface area contributed by atoms with Crippen LogP contribution in [0.2, 0.25) is 0 Å². The van der Waals surface area contributed by atoms with Crippen molar-refractivity contribution in [2.24, 2.45) is 0 Å². The molecule has 0 N–H and O–H groups in total. The van der Waals surface area contributed by atoms with Crippen LogP contribution in [0.25, 0.3) is 0 Å². The summed E-state index contributed by atoms with van der Waals surface area (Å²) in [6.07, 6.45) is 31.2. The molecule has 0 radical (unpaired) electrons. The van der Waals surface area contributed by atoms with Crippen molar-refractivity contribution in [1.29, 1.82) is 0 Å². The summed E-state index contributed by atoms with van der Waals surface area (Å²) in [6, 6.07) is 0. The second-order valence-electron chi connectivity index (χ2n) is 8.14. The molecule has 0 heterocycles. The van der Waals surface area contributed by atoms with Crippen molar-refractivity contribution >= 4 is 32.7 Å². The first-order valence-electron chi connectivity index (χ1n) is 12.1. The molecule has 0 atom stereocenters. The number of rotatable bonds is 21. The van der Waals surface area contributed by atoms with Gasteiger partial charge < -0.3 is 0 Å². The Morgan fingerprint density at radius 2 is 0.556 bits per heavy atom. The molecule has 0 unspecified atom stereocenters. The van der Waals surface area contributed by atoms with Crippen LogP contribution >= 0.6 is 32.7 Å². The van der Waals surface area contributed by atoms with Crippen molar-refractivity contribution in [2.75, 3.05) is 18.5 Å². The topological polar surface area (TPSA) is 0 Å². The maximum absolute atomic E-state index is 2.32. The van der Waals surface area contributed by atoms with Crippen LogP contribution in [-0.2, 0) is 0 Å². The maximum Gasteiger partial charge on any atom is -0.0326 e. The summed E-state index contributed by atoms with van der Waals surface area (Å²) >= 11 is 0. The molecule has 27 heavy (non-hydrogen) atoms. The maximum atomic E-state index is 2.32. The number of halogens is 2. The lowest BCUT2D eigenvalue weighted by atomic mass is 10.1. The van der Waals surface area contributed by atoms with Gasteiger partial charge >= 0.3 is 0 Å². The highest BCUT2D eigenvalue weighted by Gasteiger charge is 2.07.